The molecular formula is C16H25N5O6S2. The van der Waals surface area contributed by atoms with Gasteiger partial charge in [0.05, 0.1) is 16.1 Å². The summed E-state index contributed by atoms with van der Waals surface area (Å²) in [4.78, 5) is 14.7. The van der Waals surface area contributed by atoms with Crippen molar-refractivity contribution in [3.05, 3.63) is 28.3 Å². The molecule has 0 amide bonds. The van der Waals surface area contributed by atoms with Crippen LogP contribution in [0.3, 0.4) is 0 Å². The van der Waals surface area contributed by atoms with E-state index in [9.17, 15) is 26.9 Å². The second-order valence-corrected chi connectivity index (χ2v) is 11.2. The summed E-state index contributed by atoms with van der Waals surface area (Å²) in [6.45, 7) is 2.89. The van der Waals surface area contributed by atoms with Gasteiger partial charge in [-0.15, -0.1) is 0 Å². The van der Waals surface area contributed by atoms with E-state index in [0.29, 0.717) is 45.0 Å². The first-order valence-electron chi connectivity index (χ1n) is 9.17. The average molecular weight is 448 g/mol. The maximum absolute atomic E-state index is 12.9. The van der Waals surface area contributed by atoms with Crippen LogP contribution in [0.15, 0.2) is 23.1 Å². The topological polar surface area (TPSA) is 124 Å². The Morgan fingerprint density at radius 2 is 1.45 bits per heavy atom. The fourth-order valence-corrected chi connectivity index (χ4v) is 5.78. The molecule has 162 valence electrons. The summed E-state index contributed by atoms with van der Waals surface area (Å²) in [6, 6.07) is 3.93. The van der Waals surface area contributed by atoms with Gasteiger partial charge >= 0.3 is 0 Å². The molecule has 2 fully saturated rings. The number of hydrogen-bond acceptors (Lipinski definition) is 8. The minimum atomic E-state index is -3.82. The Morgan fingerprint density at radius 1 is 0.897 bits per heavy atom. The molecule has 2 saturated heterocycles. The molecule has 0 aromatic heterocycles. The van der Waals surface area contributed by atoms with Gasteiger partial charge in [-0.2, -0.15) is 8.61 Å². The zero-order chi connectivity index (χ0) is 21.4. The van der Waals surface area contributed by atoms with E-state index in [2.05, 4.69) is 0 Å². The highest BCUT2D eigenvalue weighted by atomic mass is 32.2. The van der Waals surface area contributed by atoms with Gasteiger partial charge in [-0.25, -0.2) is 16.8 Å². The Hall–Kier alpha value is -1.80. The highest BCUT2D eigenvalue weighted by Crippen LogP contribution is 2.32. The predicted molar refractivity (Wildman–Crippen MR) is 108 cm³/mol. The Labute approximate surface area is 170 Å². The molecule has 3 rings (SSSR count). The third-order valence-electron chi connectivity index (χ3n) is 5.29. The van der Waals surface area contributed by atoms with E-state index in [1.807, 2.05) is 11.9 Å². The van der Waals surface area contributed by atoms with Crippen molar-refractivity contribution in [2.75, 3.05) is 70.6 Å². The van der Waals surface area contributed by atoms with E-state index in [-0.39, 0.29) is 23.7 Å². The minimum absolute atomic E-state index is 0.104. The van der Waals surface area contributed by atoms with E-state index in [4.69, 9.17) is 0 Å². The highest BCUT2D eigenvalue weighted by molar-refractivity contribution is 7.89. The van der Waals surface area contributed by atoms with Crippen molar-refractivity contribution in [3.8, 4) is 0 Å². The molecule has 0 bridgehead atoms. The van der Waals surface area contributed by atoms with Crippen LogP contribution in [0.5, 0.6) is 0 Å². The molecule has 0 spiro atoms. The van der Waals surface area contributed by atoms with Crippen LogP contribution < -0.4 is 4.90 Å². The lowest BCUT2D eigenvalue weighted by molar-refractivity contribution is -0.384. The lowest BCUT2D eigenvalue weighted by Gasteiger charge is -2.34. The van der Waals surface area contributed by atoms with Crippen LogP contribution in [-0.4, -0.2) is 101 Å². The second-order valence-electron chi connectivity index (χ2n) is 7.26. The first-order valence-corrected chi connectivity index (χ1v) is 12.5. The van der Waals surface area contributed by atoms with E-state index < -0.39 is 25.0 Å². The number of sulfonamides is 2. The maximum Gasteiger partial charge on any atom is 0.293 e. The molecule has 1 aromatic rings. The third kappa shape index (κ3) is 4.69. The van der Waals surface area contributed by atoms with E-state index >= 15 is 0 Å². The van der Waals surface area contributed by atoms with Crippen LogP contribution in [-0.2, 0) is 20.0 Å². The fourth-order valence-electron chi connectivity index (χ4n) is 3.52. The monoisotopic (exact) mass is 447 g/mol. The minimum Gasteiger partial charge on any atom is -0.363 e. The van der Waals surface area contributed by atoms with Crippen LogP contribution >= 0.6 is 0 Å². The van der Waals surface area contributed by atoms with Crippen LogP contribution in [0.25, 0.3) is 0 Å². The van der Waals surface area contributed by atoms with Gasteiger partial charge in [-0.3, -0.25) is 10.1 Å². The summed E-state index contributed by atoms with van der Waals surface area (Å²) < 4.78 is 51.8. The summed E-state index contributed by atoms with van der Waals surface area (Å²) in [5.41, 5.74) is -0.00603. The molecule has 29 heavy (non-hydrogen) atoms. The number of anilines is 1. The van der Waals surface area contributed by atoms with Crippen molar-refractivity contribution in [1.29, 1.82) is 0 Å². The third-order valence-corrected chi connectivity index (χ3v) is 8.49. The standard InChI is InChI=1S/C16H25N5O6S2/c1-17-5-9-20(10-6-17)29(26,27)14-3-4-15(16(13-14)21(22)23)18-7-11-19(12-8-18)28(2,24)25/h3-4,13H,5-12H2,1-2H3. The Kier molecular flexibility index (Phi) is 6.15. The van der Waals surface area contributed by atoms with Crippen LogP contribution in [0.1, 0.15) is 0 Å². The summed E-state index contributed by atoms with van der Waals surface area (Å²) in [7, 11) is -5.23. The van der Waals surface area contributed by atoms with Gasteiger partial charge in [0.1, 0.15) is 5.69 Å². The number of benzene rings is 1. The smallest absolute Gasteiger partial charge is 0.293 e. The molecule has 0 radical (unpaired) electrons. The molecule has 2 aliphatic heterocycles. The van der Waals surface area contributed by atoms with Crippen LogP contribution in [0, 0.1) is 10.1 Å². The number of piperazine rings is 2. The number of nitro groups is 1. The van der Waals surface area contributed by atoms with Gasteiger partial charge < -0.3 is 9.80 Å². The highest BCUT2D eigenvalue weighted by Gasteiger charge is 2.32. The van der Waals surface area contributed by atoms with Crippen molar-refractivity contribution in [2.45, 2.75) is 4.90 Å². The molecule has 13 heteroatoms. The van der Waals surface area contributed by atoms with E-state index in [1.165, 1.54) is 20.7 Å². The Morgan fingerprint density at radius 3 is 1.97 bits per heavy atom. The van der Waals surface area contributed by atoms with Gasteiger partial charge in [0.2, 0.25) is 20.0 Å². The lowest BCUT2D eigenvalue weighted by atomic mass is 10.2. The van der Waals surface area contributed by atoms with E-state index in [0.717, 1.165) is 12.3 Å². The maximum atomic E-state index is 12.9. The number of nitro benzene ring substituents is 1. The van der Waals surface area contributed by atoms with Gasteiger partial charge in [0.25, 0.3) is 5.69 Å². The first kappa shape index (κ1) is 21.9. The van der Waals surface area contributed by atoms with Crippen molar-refractivity contribution in [2.24, 2.45) is 0 Å². The molecule has 1 aromatic carbocycles. The molecule has 2 aliphatic rings. The largest absolute Gasteiger partial charge is 0.363 e. The average Bonchev–Trinajstić information content (AvgIpc) is 2.67. The van der Waals surface area contributed by atoms with E-state index in [1.54, 1.807) is 4.90 Å². The number of rotatable bonds is 5. The molecule has 0 saturated carbocycles. The molecule has 0 aliphatic carbocycles. The molecule has 0 atom stereocenters. The number of likely N-dealkylation sites (N-methyl/N-ethyl adjacent to an activating group) is 1. The normalized spacial score (nSPS) is 20.7. The quantitative estimate of drug-likeness (QED) is 0.442. The van der Waals surface area contributed by atoms with Crippen molar-refractivity contribution < 1.29 is 21.8 Å². The number of nitrogens with zero attached hydrogens (tertiary/aromatic N) is 5. The van der Waals surface area contributed by atoms with Gasteiger partial charge in [-0.05, 0) is 19.2 Å². The molecule has 11 nitrogen and oxygen atoms in total. The van der Waals surface area contributed by atoms with Crippen molar-refractivity contribution in [3.63, 3.8) is 0 Å². The second kappa shape index (κ2) is 8.14. The summed E-state index contributed by atoms with van der Waals surface area (Å²) in [6.07, 6.45) is 1.13. The fraction of sp³-hybridized carbons (Fsp3) is 0.625. The lowest BCUT2D eigenvalue weighted by Crippen LogP contribution is -2.48. The Balaban J connectivity index is 1.86. The zero-order valence-corrected chi connectivity index (χ0v) is 18.0. The van der Waals surface area contributed by atoms with Crippen molar-refractivity contribution >= 4 is 31.4 Å². The van der Waals surface area contributed by atoms with Gasteiger partial charge in [0.15, 0.2) is 0 Å². The molecule has 0 unspecified atom stereocenters. The molecule has 0 N–H and O–H groups in total. The van der Waals surface area contributed by atoms with Crippen LogP contribution in [0.2, 0.25) is 0 Å². The zero-order valence-electron chi connectivity index (χ0n) is 16.4. The van der Waals surface area contributed by atoms with Crippen LogP contribution in [0.4, 0.5) is 11.4 Å². The summed E-state index contributed by atoms with van der Waals surface area (Å²) in [5.74, 6) is 0. The first-order chi connectivity index (χ1) is 13.5. The summed E-state index contributed by atoms with van der Waals surface area (Å²) >= 11 is 0. The Bertz CT molecular complexity index is 981. The van der Waals surface area contributed by atoms with Gasteiger partial charge in [-0.1, -0.05) is 0 Å². The van der Waals surface area contributed by atoms with Crippen molar-refractivity contribution in [1.82, 2.24) is 13.5 Å². The number of hydrogen-bond donors (Lipinski definition) is 0. The molecule has 2 heterocycles. The molecular weight excluding hydrogens is 422 g/mol. The predicted octanol–water partition coefficient (Wildman–Crippen LogP) is -0.387. The summed E-state index contributed by atoms with van der Waals surface area (Å²) in [5, 5.41) is 11.6. The SMILES string of the molecule is CN1CCN(S(=O)(=O)c2ccc(N3CCN(S(C)(=O)=O)CC3)c([N+](=O)[O-])c2)CC1. The van der Waals surface area contributed by atoms with Gasteiger partial charge in [0, 0.05) is 58.4 Å².